The zero-order valence-electron chi connectivity index (χ0n) is 13.5. The van der Waals surface area contributed by atoms with Gasteiger partial charge in [-0.25, -0.2) is 18.3 Å². The van der Waals surface area contributed by atoms with Gasteiger partial charge >= 0.3 is 5.69 Å². The lowest BCUT2D eigenvalue weighted by atomic mass is 10.0. The lowest BCUT2D eigenvalue weighted by molar-refractivity contribution is 0.601. The van der Waals surface area contributed by atoms with Gasteiger partial charge in [0.2, 0.25) is 0 Å². The molecule has 0 saturated carbocycles. The first kappa shape index (κ1) is 16.7. The summed E-state index contributed by atoms with van der Waals surface area (Å²) in [6.07, 6.45) is 1.07. The van der Waals surface area contributed by atoms with Crippen LogP contribution in [0, 0.1) is 11.3 Å². The number of rotatable bonds is 3. The second-order valence-corrected chi connectivity index (χ2v) is 7.57. The van der Waals surface area contributed by atoms with E-state index in [0.717, 1.165) is 17.4 Å². The second kappa shape index (κ2) is 6.03. The molecule has 0 atom stereocenters. The summed E-state index contributed by atoms with van der Waals surface area (Å²) >= 11 is 0. The average molecular weight is 354 g/mol. The van der Waals surface area contributed by atoms with Crippen LogP contribution in [0.25, 0.3) is 22.5 Å². The molecule has 0 saturated heterocycles. The van der Waals surface area contributed by atoms with Gasteiger partial charge in [-0.2, -0.15) is 10.4 Å². The van der Waals surface area contributed by atoms with E-state index in [4.69, 9.17) is 0 Å². The van der Waals surface area contributed by atoms with Crippen molar-refractivity contribution < 1.29 is 8.42 Å². The molecule has 0 spiro atoms. The molecule has 1 aromatic heterocycles. The number of hydrogen-bond acceptors (Lipinski definition) is 5. The standard InChI is InChI=1S/C17H14N4O3S/c1-21-16(19-20-17(21)22)13-5-3-4-11(8-13)12-6-7-15(25(2,23)24)14(9-12)10-18/h3-9H,1-2H3,(H,20,22). The Kier molecular flexibility index (Phi) is 4.02. The van der Waals surface area contributed by atoms with E-state index < -0.39 is 9.84 Å². The Morgan fingerprint density at radius 1 is 1.12 bits per heavy atom. The Balaban J connectivity index is 2.12. The third-order valence-electron chi connectivity index (χ3n) is 3.83. The highest BCUT2D eigenvalue weighted by atomic mass is 32.2. The van der Waals surface area contributed by atoms with Crippen LogP contribution in [-0.2, 0) is 16.9 Å². The fourth-order valence-corrected chi connectivity index (χ4v) is 3.38. The summed E-state index contributed by atoms with van der Waals surface area (Å²) in [5.74, 6) is 0.486. The predicted octanol–water partition coefficient (Wildman–Crippen LogP) is 1.72. The molecule has 0 bridgehead atoms. The van der Waals surface area contributed by atoms with Crippen molar-refractivity contribution >= 4 is 9.84 Å². The van der Waals surface area contributed by atoms with Crippen LogP contribution in [0.3, 0.4) is 0 Å². The molecule has 0 unspecified atom stereocenters. The summed E-state index contributed by atoms with van der Waals surface area (Å²) in [4.78, 5) is 11.5. The van der Waals surface area contributed by atoms with Crippen LogP contribution < -0.4 is 5.69 Å². The number of hydrogen-bond donors (Lipinski definition) is 1. The molecule has 2 aromatic carbocycles. The molecule has 7 nitrogen and oxygen atoms in total. The van der Waals surface area contributed by atoms with Crippen LogP contribution in [-0.4, -0.2) is 29.4 Å². The Morgan fingerprint density at radius 3 is 2.40 bits per heavy atom. The van der Waals surface area contributed by atoms with Gasteiger partial charge in [0.15, 0.2) is 15.7 Å². The first-order valence-corrected chi connectivity index (χ1v) is 9.17. The molecule has 1 heterocycles. The van der Waals surface area contributed by atoms with Crippen LogP contribution >= 0.6 is 0 Å². The van der Waals surface area contributed by atoms with Crippen LogP contribution in [0.2, 0.25) is 0 Å². The average Bonchev–Trinajstić information content (AvgIpc) is 2.93. The first-order chi connectivity index (χ1) is 11.8. The first-order valence-electron chi connectivity index (χ1n) is 7.27. The molecule has 3 aromatic rings. The summed E-state index contributed by atoms with van der Waals surface area (Å²) in [7, 11) is -1.86. The van der Waals surface area contributed by atoms with Gasteiger partial charge < -0.3 is 0 Å². The molecular formula is C17H14N4O3S. The van der Waals surface area contributed by atoms with Crippen molar-refractivity contribution in [2.75, 3.05) is 6.26 Å². The molecule has 3 rings (SSSR count). The minimum Gasteiger partial charge on any atom is -0.278 e. The molecular weight excluding hydrogens is 340 g/mol. The lowest BCUT2D eigenvalue weighted by Crippen LogP contribution is -2.13. The number of nitriles is 1. The molecule has 0 aliphatic carbocycles. The summed E-state index contributed by atoms with van der Waals surface area (Å²) in [5.41, 5.74) is 1.99. The van der Waals surface area contributed by atoms with Crippen LogP contribution in [0.4, 0.5) is 0 Å². The number of aromatic nitrogens is 3. The van der Waals surface area contributed by atoms with E-state index in [2.05, 4.69) is 10.2 Å². The van der Waals surface area contributed by atoms with Crippen molar-refractivity contribution in [2.45, 2.75) is 4.90 Å². The highest BCUT2D eigenvalue weighted by Gasteiger charge is 2.15. The minimum atomic E-state index is -3.47. The van der Waals surface area contributed by atoms with Crippen molar-refractivity contribution in [3.05, 3.63) is 58.5 Å². The van der Waals surface area contributed by atoms with Gasteiger partial charge in [-0.1, -0.05) is 24.3 Å². The van der Waals surface area contributed by atoms with E-state index in [-0.39, 0.29) is 16.1 Å². The van der Waals surface area contributed by atoms with Gasteiger partial charge in [0.25, 0.3) is 0 Å². The molecule has 1 N–H and O–H groups in total. The lowest BCUT2D eigenvalue weighted by Gasteiger charge is -2.08. The van der Waals surface area contributed by atoms with Gasteiger partial charge in [0, 0.05) is 18.9 Å². The fraction of sp³-hybridized carbons (Fsp3) is 0.118. The van der Waals surface area contributed by atoms with E-state index in [0.29, 0.717) is 11.4 Å². The van der Waals surface area contributed by atoms with Crippen molar-refractivity contribution in [3.63, 3.8) is 0 Å². The SMILES string of the molecule is Cn1c(-c2cccc(-c3ccc(S(C)(=O)=O)c(C#N)c3)c2)n[nH]c1=O. The molecule has 8 heteroatoms. The van der Waals surface area contributed by atoms with Crippen molar-refractivity contribution in [1.82, 2.24) is 14.8 Å². The molecule has 0 aliphatic heterocycles. The topological polar surface area (TPSA) is 109 Å². The number of nitrogens with one attached hydrogen (secondary N) is 1. The van der Waals surface area contributed by atoms with E-state index in [1.165, 1.54) is 10.6 Å². The maximum Gasteiger partial charge on any atom is 0.343 e. The molecule has 0 aliphatic rings. The Morgan fingerprint density at radius 2 is 1.80 bits per heavy atom. The van der Waals surface area contributed by atoms with Crippen molar-refractivity contribution in [1.29, 1.82) is 5.26 Å². The molecule has 0 fully saturated rings. The highest BCUT2D eigenvalue weighted by molar-refractivity contribution is 7.90. The van der Waals surface area contributed by atoms with Gasteiger partial charge in [-0.15, -0.1) is 0 Å². The number of aromatic amines is 1. The van der Waals surface area contributed by atoms with E-state index in [1.807, 2.05) is 24.3 Å². The minimum absolute atomic E-state index is 0.00426. The number of H-pyrrole nitrogens is 1. The summed E-state index contributed by atoms with van der Waals surface area (Å²) in [6, 6.07) is 13.8. The molecule has 25 heavy (non-hydrogen) atoms. The largest absolute Gasteiger partial charge is 0.343 e. The Labute approximate surface area is 144 Å². The number of nitrogens with zero attached hydrogens (tertiary/aromatic N) is 3. The highest BCUT2D eigenvalue weighted by Crippen LogP contribution is 2.27. The summed E-state index contributed by atoms with van der Waals surface area (Å²) in [6.45, 7) is 0. The number of benzene rings is 2. The van der Waals surface area contributed by atoms with Crippen LogP contribution in [0.5, 0.6) is 0 Å². The van der Waals surface area contributed by atoms with E-state index >= 15 is 0 Å². The van der Waals surface area contributed by atoms with Gasteiger partial charge in [-0.05, 0) is 29.3 Å². The molecule has 0 radical (unpaired) electrons. The zero-order chi connectivity index (χ0) is 18.2. The summed E-state index contributed by atoms with van der Waals surface area (Å²) in [5, 5.41) is 15.6. The Hall–Kier alpha value is -3.18. The predicted molar refractivity (Wildman–Crippen MR) is 92.5 cm³/mol. The Bertz CT molecular complexity index is 1170. The quantitative estimate of drug-likeness (QED) is 0.770. The van der Waals surface area contributed by atoms with Gasteiger partial charge in [0.05, 0.1) is 10.5 Å². The van der Waals surface area contributed by atoms with E-state index in [1.54, 1.807) is 25.2 Å². The normalized spacial score (nSPS) is 11.2. The maximum atomic E-state index is 11.7. The van der Waals surface area contributed by atoms with Gasteiger partial charge in [0.1, 0.15) is 6.07 Å². The van der Waals surface area contributed by atoms with Crippen LogP contribution in [0.1, 0.15) is 5.56 Å². The van der Waals surface area contributed by atoms with Crippen molar-refractivity contribution in [3.8, 4) is 28.6 Å². The molecule has 126 valence electrons. The number of sulfone groups is 1. The second-order valence-electron chi connectivity index (χ2n) is 5.59. The van der Waals surface area contributed by atoms with Crippen molar-refractivity contribution in [2.24, 2.45) is 7.05 Å². The smallest absolute Gasteiger partial charge is 0.278 e. The monoisotopic (exact) mass is 354 g/mol. The maximum absolute atomic E-state index is 11.7. The third-order valence-corrected chi connectivity index (χ3v) is 4.99. The van der Waals surface area contributed by atoms with E-state index in [9.17, 15) is 18.5 Å². The molecule has 0 amide bonds. The zero-order valence-corrected chi connectivity index (χ0v) is 14.3. The van der Waals surface area contributed by atoms with Crippen LogP contribution in [0.15, 0.2) is 52.2 Å². The third kappa shape index (κ3) is 3.09. The summed E-state index contributed by atoms with van der Waals surface area (Å²) < 4.78 is 24.9. The fourth-order valence-electron chi connectivity index (χ4n) is 2.56. The van der Waals surface area contributed by atoms with Gasteiger partial charge in [-0.3, -0.25) is 4.57 Å².